The van der Waals surface area contributed by atoms with Crippen molar-refractivity contribution in [3.63, 3.8) is 0 Å². The van der Waals surface area contributed by atoms with Crippen molar-refractivity contribution in [2.24, 2.45) is 0 Å². The molecule has 6 N–H and O–H groups in total. The number of amides is 2. The van der Waals surface area contributed by atoms with Crippen LogP contribution in [-0.2, 0) is 22.4 Å². The van der Waals surface area contributed by atoms with Gasteiger partial charge in [0, 0.05) is 25.9 Å². The van der Waals surface area contributed by atoms with Crippen molar-refractivity contribution in [3.8, 4) is 11.5 Å². The third-order valence-electron chi connectivity index (χ3n) is 5.82. The lowest BCUT2D eigenvalue weighted by Crippen LogP contribution is -2.28. The Morgan fingerprint density at radius 1 is 0.528 bits per heavy atom. The highest BCUT2D eigenvalue weighted by molar-refractivity contribution is 5.76. The van der Waals surface area contributed by atoms with Crippen LogP contribution in [0, 0.1) is 0 Å². The number of aryl methyl sites for hydroxylation is 2. The summed E-state index contributed by atoms with van der Waals surface area (Å²) < 4.78 is 0. The number of hydrogen-bond donors (Lipinski definition) is 6. The Morgan fingerprint density at radius 2 is 0.889 bits per heavy atom. The predicted octanol–water partition coefficient (Wildman–Crippen LogP) is 2.64. The highest BCUT2D eigenvalue weighted by Crippen LogP contribution is 2.11. The lowest BCUT2D eigenvalue weighted by molar-refractivity contribution is -0.121. The molecule has 0 aliphatic rings. The summed E-state index contributed by atoms with van der Waals surface area (Å²) in [7, 11) is 0. The second kappa shape index (κ2) is 18.2. The number of hydrogen-bond acceptors (Lipinski definition) is 6. The minimum absolute atomic E-state index is 0.0581. The van der Waals surface area contributed by atoms with Crippen molar-refractivity contribution in [1.82, 2.24) is 21.3 Å². The molecule has 0 aliphatic carbocycles. The molecule has 2 aromatic rings. The van der Waals surface area contributed by atoms with E-state index in [4.69, 9.17) is 0 Å². The molecule has 0 fully saturated rings. The van der Waals surface area contributed by atoms with E-state index in [1.165, 1.54) is 0 Å². The Balaban J connectivity index is 1.29. The standard InChI is InChI=1S/C28H42N4O4/c33-25-11-5-23(6-12-25)9-15-27(35)31-21-3-19-29-17-1-2-18-30-20-4-22-32-28(36)16-10-24-7-13-26(34)14-8-24/h5-8,11-14,29-30,33-34H,1-4,9-10,15-22H2,(H,31,35)(H,32,36). The number of rotatable bonds is 19. The van der Waals surface area contributed by atoms with Gasteiger partial charge in [0.1, 0.15) is 11.5 Å². The van der Waals surface area contributed by atoms with Crippen LogP contribution in [0.5, 0.6) is 11.5 Å². The molecule has 0 spiro atoms. The van der Waals surface area contributed by atoms with Gasteiger partial charge in [-0.2, -0.15) is 0 Å². The van der Waals surface area contributed by atoms with Crippen molar-refractivity contribution >= 4 is 11.8 Å². The normalized spacial score (nSPS) is 10.8. The van der Waals surface area contributed by atoms with Crippen molar-refractivity contribution in [1.29, 1.82) is 0 Å². The largest absolute Gasteiger partial charge is 0.508 e. The molecule has 0 aliphatic heterocycles. The molecule has 0 bridgehead atoms. The van der Waals surface area contributed by atoms with Gasteiger partial charge in [-0.25, -0.2) is 0 Å². The number of phenols is 2. The molecule has 0 atom stereocenters. The van der Waals surface area contributed by atoms with Gasteiger partial charge >= 0.3 is 0 Å². The fraction of sp³-hybridized carbons (Fsp3) is 0.500. The van der Waals surface area contributed by atoms with Gasteiger partial charge in [0.2, 0.25) is 11.8 Å². The molecule has 2 amide bonds. The van der Waals surface area contributed by atoms with Crippen molar-refractivity contribution in [2.45, 2.75) is 51.4 Å². The van der Waals surface area contributed by atoms with E-state index in [0.717, 1.165) is 63.0 Å². The molecular formula is C28H42N4O4. The monoisotopic (exact) mass is 498 g/mol. The van der Waals surface area contributed by atoms with Gasteiger partial charge in [-0.05, 0) is 100 Å². The first kappa shape index (κ1) is 29.1. The molecule has 8 heteroatoms. The van der Waals surface area contributed by atoms with Crippen LogP contribution in [0.25, 0.3) is 0 Å². The molecule has 2 rings (SSSR count). The topological polar surface area (TPSA) is 123 Å². The van der Waals surface area contributed by atoms with E-state index in [2.05, 4.69) is 21.3 Å². The summed E-state index contributed by atoms with van der Waals surface area (Å²) in [5.41, 5.74) is 2.09. The third-order valence-corrected chi connectivity index (χ3v) is 5.82. The van der Waals surface area contributed by atoms with Gasteiger partial charge in [0.15, 0.2) is 0 Å². The number of carbonyl (C=O) groups is 2. The number of benzene rings is 2. The zero-order valence-corrected chi connectivity index (χ0v) is 21.2. The van der Waals surface area contributed by atoms with Gasteiger partial charge in [0.25, 0.3) is 0 Å². The number of carbonyl (C=O) groups excluding carboxylic acids is 2. The van der Waals surface area contributed by atoms with Crippen molar-refractivity contribution < 1.29 is 19.8 Å². The van der Waals surface area contributed by atoms with Crippen LogP contribution in [0.1, 0.15) is 49.7 Å². The summed E-state index contributed by atoms with van der Waals surface area (Å²) in [5.74, 6) is 0.597. The summed E-state index contributed by atoms with van der Waals surface area (Å²) >= 11 is 0. The van der Waals surface area contributed by atoms with Crippen LogP contribution in [0.4, 0.5) is 0 Å². The molecule has 8 nitrogen and oxygen atoms in total. The molecule has 198 valence electrons. The Morgan fingerprint density at radius 3 is 1.28 bits per heavy atom. The first-order chi connectivity index (χ1) is 17.5. The van der Waals surface area contributed by atoms with Crippen LogP contribution < -0.4 is 21.3 Å². The van der Waals surface area contributed by atoms with Crippen LogP contribution in [0.2, 0.25) is 0 Å². The molecule has 0 aromatic heterocycles. The Bertz CT molecular complexity index is 799. The van der Waals surface area contributed by atoms with Gasteiger partial charge in [-0.1, -0.05) is 24.3 Å². The third kappa shape index (κ3) is 14.3. The lowest BCUT2D eigenvalue weighted by Gasteiger charge is -2.08. The average Bonchev–Trinajstić information content (AvgIpc) is 2.88. The molecule has 0 heterocycles. The summed E-state index contributed by atoms with van der Waals surface area (Å²) in [5, 5.41) is 31.3. The average molecular weight is 499 g/mol. The van der Waals surface area contributed by atoms with Crippen LogP contribution in [0.15, 0.2) is 48.5 Å². The molecule has 0 saturated carbocycles. The highest BCUT2D eigenvalue weighted by atomic mass is 16.3. The van der Waals surface area contributed by atoms with E-state index in [0.29, 0.717) is 38.8 Å². The maximum atomic E-state index is 11.9. The SMILES string of the molecule is O=C(CCc1ccc(O)cc1)NCCCNCCCCNCCCNC(=O)CCc1ccc(O)cc1. The summed E-state index contributed by atoms with van der Waals surface area (Å²) in [6.45, 7) is 5.06. The van der Waals surface area contributed by atoms with Gasteiger partial charge in [-0.3, -0.25) is 9.59 Å². The number of unbranched alkanes of at least 4 members (excludes halogenated alkanes) is 1. The molecular weight excluding hydrogens is 456 g/mol. The lowest BCUT2D eigenvalue weighted by atomic mass is 10.1. The van der Waals surface area contributed by atoms with E-state index in [-0.39, 0.29) is 23.3 Å². The minimum Gasteiger partial charge on any atom is -0.508 e. The second-order valence-corrected chi connectivity index (χ2v) is 8.95. The molecule has 0 radical (unpaired) electrons. The zero-order valence-electron chi connectivity index (χ0n) is 21.2. The van der Waals surface area contributed by atoms with Crippen LogP contribution in [-0.4, -0.2) is 61.3 Å². The molecule has 0 saturated heterocycles. The summed E-state index contributed by atoms with van der Waals surface area (Å²) in [4.78, 5) is 23.8. The summed E-state index contributed by atoms with van der Waals surface area (Å²) in [6, 6.07) is 13.9. The predicted molar refractivity (Wildman–Crippen MR) is 143 cm³/mol. The van der Waals surface area contributed by atoms with Crippen molar-refractivity contribution in [2.75, 3.05) is 39.3 Å². The number of aromatic hydroxyl groups is 2. The fourth-order valence-electron chi connectivity index (χ4n) is 3.65. The maximum Gasteiger partial charge on any atom is 0.220 e. The van der Waals surface area contributed by atoms with E-state index in [1.807, 2.05) is 24.3 Å². The fourth-order valence-corrected chi connectivity index (χ4v) is 3.65. The van der Waals surface area contributed by atoms with E-state index < -0.39 is 0 Å². The smallest absolute Gasteiger partial charge is 0.220 e. The Hall–Kier alpha value is -3.10. The van der Waals surface area contributed by atoms with Crippen molar-refractivity contribution in [3.05, 3.63) is 59.7 Å². The minimum atomic E-state index is 0.0581. The first-order valence-corrected chi connectivity index (χ1v) is 13.0. The van der Waals surface area contributed by atoms with E-state index >= 15 is 0 Å². The van der Waals surface area contributed by atoms with E-state index in [9.17, 15) is 19.8 Å². The number of phenolic OH excluding ortho intramolecular Hbond substituents is 2. The van der Waals surface area contributed by atoms with Gasteiger partial charge in [0.05, 0.1) is 0 Å². The molecule has 0 unspecified atom stereocenters. The van der Waals surface area contributed by atoms with Crippen LogP contribution in [0.3, 0.4) is 0 Å². The van der Waals surface area contributed by atoms with E-state index in [1.54, 1.807) is 24.3 Å². The molecule has 36 heavy (non-hydrogen) atoms. The second-order valence-electron chi connectivity index (χ2n) is 8.95. The van der Waals surface area contributed by atoms with Gasteiger partial charge in [-0.15, -0.1) is 0 Å². The zero-order chi connectivity index (χ0) is 25.8. The number of nitrogens with one attached hydrogen (secondary N) is 4. The first-order valence-electron chi connectivity index (χ1n) is 13.0. The Kier molecular flexibility index (Phi) is 14.7. The maximum absolute atomic E-state index is 11.9. The summed E-state index contributed by atoms with van der Waals surface area (Å²) in [6.07, 6.45) is 6.27. The van der Waals surface area contributed by atoms with Crippen LogP contribution >= 0.6 is 0 Å². The highest BCUT2D eigenvalue weighted by Gasteiger charge is 2.03. The van der Waals surface area contributed by atoms with Gasteiger partial charge < -0.3 is 31.5 Å². The quantitative estimate of drug-likeness (QED) is 0.166. The molecule has 2 aromatic carbocycles. The Labute approximate surface area is 214 Å².